The Labute approximate surface area is 186 Å². The summed E-state index contributed by atoms with van der Waals surface area (Å²) in [5.74, 6) is -0.351. The van der Waals surface area contributed by atoms with Crippen LogP contribution in [0.1, 0.15) is 15.9 Å². The predicted molar refractivity (Wildman–Crippen MR) is 124 cm³/mol. The van der Waals surface area contributed by atoms with Gasteiger partial charge in [0.1, 0.15) is 0 Å². The molecular formula is C23H22N2O4S2. The zero-order chi connectivity index (χ0) is 22.4. The topological polar surface area (TPSA) is 92.3 Å². The molecule has 0 aliphatic heterocycles. The number of amides is 2. The number of hydrogen-bond donors (Lipinski definition) is 2. The highest BCUT2D eigenvalue weighted by Gasteiger charge is 2.14. The van der Waals surface area contributed by atoms with E-state index in [2.05, 4.69) is 10.6 Å². The first-order valence-corrected chi connectivity index (χ1v) is 12.3. The molecule has 3 rings (SSSR count). The number of thioether (sulfide) groups is 1. The number of anilines is 2. The van der Waals surface area contributed by atoms with E-state index < -0.39 is 9.84 Å². The third-order valence-corrected chi connectivity index (χ3v) is 6.57. The molecule has 2 amide bonds. The normalized spacial score (nSPS) is 11.0. The molecule has 0 aliphatic carbocycles. The Hall–Kier alpha value is -3.10. The van der Waals surface area contributed by atoms with Crippen LogP contribution in [0.25, 0.3) is 0 Å². The lowest BCUT2D eigenvalue weighted by molar-refractivity contribution is -0.113. The Balaban J connectivity index is 1.64. The third-order valence-electron chi connectivity index (χ3n) is 4.37. The Kier molecular flexibility index (Phi) is 7.14. The Morgan fingerprint density at radius 2 is 1.42 bits per heavy atom. The van der Waals surface area contributed by atoms with E-state index in [-0.39, 0.29) is 22.5 Å². The maximum atomic E-state index is 12.7. The van der Waals surface area contributed by atoms with Gasteiger partial charge in [-0.3, -0.25) is 9.59 Å². The second kappa shape index (κ2) is 9.80. The average molecular weight is 455 g/mol. The van der Waals surface area contributed by atoms with Crippen LogP contribution in [0.2, 0.25) is 0 Å². The molecule has 6 nitrogen and oxygen atoms in total. The summed E-state index contributed by atoms with van der Waals surface area (Å²) in [5, 5.41) is 5.60. The number of benzene rings is 3. The molecule has 8 heteroatoms. The summed E-state index contributed by atoms with van der Waals surface area (Å²) in [5.41, 5.74) is 2.75. The van der Waals surface area contributed by atoms with Crippen molar-refractivity contribution in [2.75, 3.05) is 22.6 Å². The van der Waals surface area contributed by atoms with Gasteiger partial charge in [0.05, 0.1) is 16.2 Å². The molecule has 3 aromatic rings. The van der Waals surface area contributed by atoms with E-state index in [1.807, 2.05) is 31.2 Å². The van der Waals surface area contributed by atoms with Crippen LogP contribution in [-0.4, -0.2) is 32.2 Å². The zero-order valence-corrected chi connectivity index (χ0v) is 18.7. The first kappa shape index (κ1) is 22.6. The summed E-state index contributed by atoms with van der Waals surface area (Å²) in [6.45, 7) is 1.98. The molecule has 3 aromatic carbocycles. The van der Waals surface area contributed by atoms with Crippen molar-refractivity contribution in [1.82, 2.24) is 0 Å². The molecule has 0 fully saturated rings. The molecule has 0 bridgehead atoms. The van der Waals surface area contributed by atoms with Crippen molar-refractivity contribution in [3.05, 3.63) is 83.9 Å². The van der Waals surface area contributed by atoms with Crippen LogP contribution >= 0.6 is 11.8 Å². The SMILES string of the molecule is Cc1ccc(NC(=O)CSc2ccccc2C(=O)Nc2ccc(S(C)(=O)=O)cc2)cc1. The van der Waals surface area contributed by atoms with Crippen molar-refractivity contribution in [3.8, 4) is 0 Å². The maximum Gasteiger partial charge on any atom is 0.256 e. The van der Waals surface area contributed by atoms with Crippen molar-refractivity contribution in [2.45, 2.75) is 16.7 Å². The number of nitrogens with one attached hydrogen (secondary N) is 2. The van der Waals surface area contributed by atoms with Gasteiger partial charge in [0.15, 0.2) is 9.84 Å². The van der Waals surface area contributed by atoms with E-state index in [0.717, 1.165) is 17.5 Å². The number of hydrogen-bond acceptors (Lipinski definition) is 5. The fourth-order valence-electron chi connectivity index (χ4n) is 2.74. The minimum absolute atomic E-state index is 0.154. The van der Waals surface area contributed by atoms with E-state index >= 15 is 0 Å². The summed E-state index contributed by atoms with van der Waals surface area (Å²) in [7, 11) is -3.30. The molecule has 0 radical (unpaired) electrons. The first-order valence-electron chi connectivity index (χ1n) is 9.42. The standard InChI is InChI=1S/C23H22N2O4S2/c1-16-7-9-17(10-8-16)24-22(26)15-30-21-6-4-3-5-20(21)23(27)25-18-11-13-19(14-12-18)31(2,28)29/h3-14H,15H2,1-2H3,(H,24,26)(H,25,27). The van der Waals surface area contributed by atoms with Crippen molar-refractivity contribution >= 4 is 44.8 Å². The smallest absolute Gasteiger partial charge is 0.256 e. The third kappa shape index (κ3) is 6.44. The average Bonchev–Trinajstić information content (AvgIpc) is 2.74. The van der Waals surface area contributed by atoms with Gasteiger partial charge in [-0.15, -0.1) is 11.8 Å². The van der Waals surface area contributed by atoms with Gasteiger partial charge in [0, 0.05) is 22.5 Å². The van der Waals surface area contributed by atoms with Gasteiger partial charge in [-0.25, -0.2) is 8.42 Å². The number of rotatable bonds is 7. The molecule has 0 heterocycles. The highest BCUT2D eigenvalue weighted by Crippen LogP contribution is 2.24. The molecule has 0 unspecified atom stereocenters. The highest BCUT2D eigenvalue weighted by atomic mass is 32.2. The number of sulfone groups is 1. The Morgan fingerprint density at radius 3 is 2.06 bits per heavy atom. The lowest BCUT2D eigenvalue weighted by Crippen LogP contribution is -2.16. The van der Waals surface area contributed by atoms with E-state index in [4.69, 9.17) is 0 Å². The molecular weight excluding hydrogens is 432 g/mol. The van der Waals surface area contributed by atoms with Crippen LogP contribution in [0, 0.1) is 6.92 Å². The molecule has 2 N–H and O–H groups in total. The van der Waals surface area contributed by atoms with Crippen molar-refractivity contribution in [1.29, 1.82) is 0 Å². The van der Waals surface area contributed by atoms with E-state index in [0.29, 0.717) is 16.1 Å². The molecule has 31 heavy (non-hydrogen) atoms. The van der Waals surface area contributed by atoms with E-state index in [1.165, 1.54) is 23.9 Å². The molecule has 0 atom stereocenters. The van der Waals surface area contributed by atoms with Gasteiger partial charge >= 0.3 is 0 Å². The van der Waals surface area contributed by atoms with Gasteiger partial charge in [-0.05, 0) is 55.5 Å². The monoisotopic (exact) mass is 454 g/mol. The fourth-order valence-corrected chi connectivity index (χ4v) is 4.22. The highest BCUT2D eigenvalue weighted by molar-refractivity contribution is 8.00. The largest absolute Gasteiger partial charge is 0.325 e. The minimum Gasteiger partial charge on any atom is -0.325 e. The van der Waals surface area contributed by atoms with Crippen LogP contribution < -0.4 is 10.6 Å². The summed E-state index contributed by atoms with van der Waals surface area (Å²) < 4.78 is 23.1. The lowest BCUT2D eigenvalue weighted by atomic mass is 10.2. The van der Waals surface area contributed by atoms with Gasteiger partial charge in [0.25, 0.3) is 5.91 Å². The van der Waals surface area contributed by atoms with Crippen LogP contribution in [-0.2, 0) is 14.6 Å². The molecule has 0 spiro atoms. The number of carbonyl (C=O) groups is 2. The first-order chi connectivity index (χ1) is 14.7. The minimum atomic E-state index is -3.30. The summed E-state index contributed by atoms with van der Waals surface area (Å²) in [4.78, 5) is 25.9. The van der Waals surface area contributed by atoms with Gasteiger partial charge in [-0.1, -0.05) is 29.8 Å². The fraction of sp³-hybridized carbons (Fsp3) is 0.130. The Bertz CT molecular complexity index is 1190. The predicted octanol–water partition coefficient (Wildman–Crippen LogP) is 4.38. The molecule has 0 aliphatic rings. The summed E-state index contributed by atoms with van der Waals surface area (Å²) in [6.07, 6.45) is 1.13. The number of aryl methyl sites for hydroxylation is 1. The van der Waals surface area contributed by atoms with E-state index in [1.54, 1.807) is 36.4 Å². The van der Waals surface area contributed by atoms with Gasteiger partial charge in [0.2, 0.25) is 5.91 Å². The van der Waals surface area contributed by atoms with Crippen LogP contribution in [0.15, 0.2) is 82.6 Å². The maximum absolute atomic E-state index is 12.7. The molecule has 0 saturated carbocycles. The van der Waals surface area contributed by atoms with Gasteiger partial charge in [-0.2, -0.15) is 0 Å². The Morgan fingerprint density at radius 1 is 0.839 bits per heavy atom. The van der Waals surface area contributed by atoms with Gasteiger partial charge < -0.3 is 10.6 Å². The lowest BCUT2D eigenvalue weighted by Gasteiger charge is -2.11. The van der Waals surface area contributed by atoms with Crippen molar-refractivity contribution in [2.24, 2.45) is 0 Å². The summed E-state index contributed by atoms with van der Waals surface area (Å²) >= 11 is 1.27. The van der Waals surface area contributed by atoms with Crippen LogP contribution in [0.3, 0.4) is 0 Å². The second-order valence-corrected chi connectivity index (χ2v) is 9.98. The molecule has 160 valence electrons. The van der Waals surface area contributed by atoms with Crippen molar-refractivity contribution < 1.29 is 18.0 Å². The van der Waals surface area contributed by atoms with E-state index in [9.17, 15) is 18.0 Å². The number of carbonyl (C=O) groups excluding carboxylic acids is 2. The zero-order valence-electron chi connectivity index (χ0n) is 17.1. The van der Waals surface area contributed by atoms with Crippen LogP contribution in [0.4, 0.5) is 11.4 Å². The second-order valence-electron chi connectivity index (χ2n) is 6.95. The quantitative estimate of drug-likeness (QED) is 0.517. The molecule has 0 aromatic heterocycles. The van der Waals surface area contributed by atoms with Crippen molar-refractivity contribution in [3.63, 3.8) is 0 Å². The van der Waals surface area contributed by atoms with Crippen LogP contribution in [0.5, 0.6) is 0 Å². The summed E-state index contributed by atoms with van der Waals surface area (Å²) in [6, 6.07) is 20.5. The molecule has 0 saturated heterocycles.